The number of aromatic nitrogens is 1. The van der Waals surface area contributed by atoms with Crippen LogP contribution >= 0.6 is 0 Å². The van der Waals surface area contributed by atoms with Crippen molar-refractivity contribution in [2.24, 2.45) is 15.0 Å². The first-order chi connectivity index (χ1) is 26.7. The molecule has 0 spiro atoms. The zero-order chi connectivity index (χ0) is 36.3. The van der Waals surface area contributed by atoms with Crippen LogP contribution in [0.15, 0.2) is 209 Å². The molecule has 0 N–H and O–H groups in total. The zero-order valence-electron chi connectivity index (χ0n) is 29.7. The Balaban J connectivity index is 1.17. The van der Waals surface area contributed by atoms with Crippen LogP contribution < -0.4 is 0 Å². The fraction of sp³-hybridized carbons (Fsp3) is 0.0200. The van der Waals surface area contributed by atoms with Crippen LogP contribution in [0.1, 0.15) is 16.7 Å². The molecule has 0 radical (unpaired) electrons. The highest BCUT2D eigenvalue weighted by Gasteiger charge is 2.16. The normalized spacial score (nSPS) is 12.1. The van der Waals surface area contributed by atoms with Gasteiger partial charge in [0.15, 0.2) is 11.7 Å². The average molecular weight is 693 g/mol. The zero-order valence-corrected chi connectivity index (χ0v) is 29.7. The van der Waals surface area contributed by atoms with Crippen molar-refractivity contribution in [2.45, 2.75) is 6.54 Å². The van der Waals surface area contributed by atoms with Gasteiger partial charge in [-0.3, -0.25) is 4.99 Å². The molecule has 9 rings (SSSR count). The van der Waals surface area contributed by atoms with Crippen molar-refractivity contribution in [3.8, 4) is 27.9 Å². The van der Waals surface area contributed by atoms with E-state index in [0.717, 1.165) is 44.6 Å². The van der Waals surface area contributed by atoms with Crippen LogP contribution in [-0.4, -0.2) is 23.0 Å². The summed E-state index contributed by atoms with van der Waals surface area (Å²) in [4.78, 5) is 14.8. The van der Waals surface area contributed by atoms with E-state index in [1.165, 1.54) is 32.6 Å². The van der Waals surface area contributed by atoms with Crippen LogP contribution in [0.2, 0.25) is 0 Å². The topological polar surface area (TPSA) is 42.0 Å². The molecule has 8 aromatic carbocycles. The lowest BCUT2D eigenvalue weighted by molar-refractivity contribution is 1.06. The number of fused-ring (bicyclic) bond motifs is 4. The Hall–Kier alpha value is -7.17. The van der Waals surface area contributed by atoms with Gasteiger partial charge in [0.05, 0.1) is 17.6 Å². The Bertz CT molecular complexity index is 2850. The summed E-state index contributed by atoms with van der Waals surface area (Å²) in [7, 11) is 0. The maximum atomic E-state index is 5.17. The number of para-hydroxylation sites is 2. The van der Waals surface area contributed by atoms with Crippen molar-refractivity contribution < 1.29 is 0 Å². The van der Waals surface area contributed by atoms with E-state index < -0.39 is 0 Å². The van der Waals surface area contributed by atoms with E-state index in [2.05, 4.69) is 174 Å². The van der Waals surface area contributed by atoms with Crippen LogP contribution in [0.3, 0.4) is 0 Å². The first-order valence-corrected chi connectivity index (χ1v) is 18.2. The second kappa shape index (κ2) is 14.5. The van der Waals surface area contributed by atoms with E-state index in [0.29, 0.717) is 18.2 Å². The Kier molecular flexibility index (Phi) is 8.76. The first-order valence-electron chi connectivity index (χ1n) is 18.2. The third-order valence-electron chi connectivity index (χ3n) is 9.99. The quantitative estimate of drug-likeness (QED) is 0.118. The Morgan fingerprint density at radius 3 is 1.96 bits per heavy atom. The smallest absolute Gasteiger partial charge is 0.161 e. The van der Waals surface area contributed by atoms with E-state index in [9.17, 15) is 0 Å². The van der Waals surface area contributed by atoms with Gasteiger partial charge in [-0.2, -0.15) is 0 Å². The van der Waals surface area contributed by atoms with E-state index >= 15 is 0 Å². The Morgan fingerprint density at radius 1 is 0.481 bits per heavy atom. The van der Waals surface area contributed by atoms with E-state index in [4.69, 9.17) is 9.98 Å². The molecule has 0 aliphatic rings. The highest BCUT2D eigenvalue weighted by molar-refractivity contribution is 6.17. The molecule has 4 heteroatoms. The van der Waals surface area contributed by atoms with E-state index in [1.807, 2.05) is 36.4 Å². The molecule has 0 aliphatic carbocycles. The van der Waals surface area contributed by atoms with Gasteiger partial charge in [-0.05, 0) is 81.7 Å². The van der Waals surface area contributed by atoms with Crippen LogP contribution in [0.25, 0.3) is 60.5 Å². The second-order valence-corrected chi connectivity index (χ2v) is 13.3. The summed E-state index contributed by atoms with van der Waals surface area (Å²) in [6.07, 6.45) is 0. The second-order valence-electron chi connectivity index (χ2n) is 13.3. The minimum atomic E-state index is 0.485. The Morgan fingerprint density at radius 2 is 1.15 bits per heavy atom. The minimum absolute atomic E-state index is 0.485. The van der Waals surface area contributed by atoms with Crippen molar-refractivity contribution >= 4 is 51.0 Å². The number of benzene rings is 8. The third kappa shape index (κ3) is 6.20. The lowest BCUT2D eigenvalue weighted by Gasteiger charge is -2.13. The van der Waals surface area contributed by atoms with Gasteiger partial charge in [-0.15, -0.1) is 0 Å². The summed E-state index contributed by atoms with van der Waals surface area (Å²) in [5.41, 5.74) is 10.8. The molecule has 0 saturated carbocycles. The summed E-state index contributed by atoms with van der Waals surface area (Å²) in [5, 5.41) is 4.81. The molecule has 9 aromatic rings. The summed E-state index contributed by atoms with van der Waals surface area (Å²) >= 11 is 0. The average Bonchev–Trinajstić information content (AvgIpc) is 3.57. The molecule has 54 heavy (non-hydrogen) atoms. The molecule has 4 nitrogen and oxygen atoms in total. The van der Waals surface area contributed by atoms with Crippen molar-refractivity contribution in [1.82, 2.24) is 4.57 Å². The van der Waals surface area contributed by atoms with Crippen LogP contribution in [-0.2, 0) is 6.54 Å². The molecule has 0 saturated heterocycles. The van der Waals surface area contributed by atoms with Gasteiger partial charge in [-0.25, -0.2) is 9.98 Å². The number of aliphatic imine (C=N–C) groups is 3. The molecule has 0 amide bonds. The fourth-order valence-electron chi connectivity index (χ4n) is 7.44. The van der Waals surface area contributed by atoms with Crippen molar-refractivity contribution in [2.75, 3.05) is 0 Å². The molecule has 0 aliphatic heterocycles. The minimum Gasteiger partial charge on any atom is -0.309 e. The summed E-state index contributed by atoms with van der Waals surface area (Å²) in [6, 6.07) is 67.8. The van der Waals surface area contributed by atoms with Gasteiger partial charge in [0.25, 0.3) is 0 Å². The molecule has 256 valence electrons. The highest BCUT2D eigenvalue weighted by Crippen LogP contribution is 2.38. The van der Waals surface area contributed by atoms with Crippen molar-refractivity contribution in [3.63, 3.8) is 0 Å². The lowest BCUT2D eigenvalue weighted by atomic mass is 9.95. The highest BCUT2D eigenvalue weighted by atomic mass is 15.0. The summed E-state index contributed by atoms with van der Waals surface area (Å²) < 4.78 is 2.36. The van der Waals surface area contributed by atoms with Gasteiger partial charge in [-0.1, -0.05) is 158 Å². The lowest BCUT2D eigenvalue weighted by Crippen LogP contribution is -2.07. The van der Waals surface area contributed by atoms with Gasteiger partial charge >= 0.3 is 0 Å². The summed E-state index contributed by atoms with van der Waals surface area (Å²) in [5.74, 6) is 1.12. The molecule has 1 heterocycles. The molecule has 0 fully saturated rings. The standard InChI is InChI=1S/C50H36N4/c1-51-49(53-50(52-34-35-17-5-2-6-18-35)44-28-12-11-26-41(44)36-19-7-3-8-20-36)39-23-15-21-37(31-39)42-29-16-22-38-32-48-46(33-45(38)42)43-27-13-14-30-47(43)54(48)40-24-9-4-10-25-40/h2-33H,1,34H2. The number of rotatable bonds is 7. The first kappa shape index (κ1) is 32.7. The van der Waals surface area contributed by atoms with Crippen molar-refractivity contribution in [1.29, 1.82) is 0 Å². The van der Waals surface area contributed by atoms with Crippen LogP contribution in [0, 0.1) is 0 Å². The van der Waals surface area contributed by atoms with Gasteiger partial charge in [0, 0.05) is 27.6 Å². The maximum Gasteiger partial charge on any atom is 0.161 e. The predicted molar refractivity (Wildman–Crippen MR) is 228 cm³/mol. The van der Waals surface area contributed by atoms with Crippen molar-refractivity contribution in [3.05, 3.63) is 211 Å². The largest absolute Gasteiger partial charge is 0.309 e. The number of hydrogen-bond acceptors (Lipinski definition) is 1. The van der Waals surface area contributed by atoms with Gasteiger partial charge in [0.2, 0.25) is 0 Å². The molecule has 0 unspecified atom stereocenters. The van der Waals surface area contributed by atoms with Crippen LogP contribution in [0.4, 0.5) is 0 Å². The molecule has 0 atom stereocenters. The summed E-state index contributed by atoms with van der Waals surface area (Å²) in [6.45, 7) is 4.47. The van der Waals surface area contributed by atoms with Crippen LogP contribution in [0.5, 0.6) is 0 Å². The molecular formula is C50H36N4. The monoisotopic (exact) mass is 692 g/mol. The van der Waals surface area contributed by atoms with Gasteiger partial charge in [0.1, 0.15) is 0 Å². The SMILES string of the molecule is C=NC(=NC(=NCc1ccccc1)c1ccccc1-c1ccccc1)c1cccc(-c2cccc3cc4c(cc23)c2ccccc2n4-c2ccccc2)c1. The molecule has 0 bridgehead atoms. The number of amidine groups is 2. The maximum absolute atomic E-state index is 5.17. The third-order valence-corrected chi connectivity index (χ3v) is 9.99. The molecule has 1 aromatic heterocycles. The van der Waals surface area contributed by atoms with E-state index in [-0.39, 0.29) is 0 Å². The number of hydrogen-bond donors (Lipinski definition) is 0. The number of nitrogens with zero attached hydrogens (tertiary/aromatic N) is 4. The fourth-order valence-corrected chi connectivity index (χ4v) is 7.44. The van der Waals surface area contributed by atoms with E-state index in [1.54, 1.807) is 0 Å². The Labute approximate surface area is 314 Å². The van der Waals surface area contributed by atoms with Gasteiger partial charge < -0.3 is 4.57 Å². The predicted octanol–water partition coefficient (Wildman–Crippen LogP) is 12.4. The molecular weight excluding hydrogens is 657 g/mol.